The maximum atomic E-state index is 13.9. The lowest BCUT2D eigenvalue weighted by atomic mass is 9.87. The smallest absolute Gasteiger partial charge is 0.249 e. The normalized spacial score (nSPS) is 15.8. The van der Waals surface area contributed by atoms with E-state index in [1.165, 1.54) is 19.3 Å². The van der Waals surface area contributed by atoms with Gasteiger partial charge in [-0.15, -0.1) is 0 Å². The second kappa shape index (κ2) is 16.4. The summed E-state index contributed by atoms with van der Waals surface area (Å²) >= 11 is 0. The number of aromatic nitrogens is 4. The van der Waals surface area contributed by atoms with Crippen LogP contribution in [0.25, 0.3) is 0 Å². The molecule has 9 N–H and O–H groups in total. The summed E-state index contributed by atoms with van der Waals surface area (Å²) in [6.45, 7) is 4.73. The fraction of sp³-hybridized carbons (Fsp3) is 0.594. The molecule has 4 rings (SSSR count). The number of carbonyl (C=O) groups excluding carboxylic acids is 2. The summed E-state index contributed by atoms with van der Waals surface area (Å²) in [5.74, 6) is 1.22. The highest BCUT2D eigenvalue weighted by atomic mass is 16.5. The first-order chi connectivity index (χ1) is 21.6. The number of aromatic hydroxyl groups is 1. The van der Waals surface area contributed by atoms with Crippen molar-refractivity contribution in [2.45, 2.75) is 109 Å². The van der Waals surface area contributed by atoms with E-state index < -0.39 is 29.9 Å². The number of carbonyl (C=O) groups is 2. The van der Waals surface area contributed by atoms with Gasteiger partial charge in [0, 0.05) is 31.8 Å². The maximum Gasteiger partial charge on any atom is 0.249 e. The summed E-state index contributed by atoms with van der Waals surface area (Å²) in [7, 11) is 0. The van der Waals surface area contributed by atoms with Crippen molar-refractivity contribution >= 4 is 17.8 Å². The number of amides is 2. The minimum absolute atomic E-state index is 0.140. The predicted octanol–water partition coefficient (Wildman–Crippen LogP) is 2.72. The second-order valence-corrected chi connectivity index (χ2v) is 12.3. The Morgan fingerprint density at radius 1 is 1.09 bits per heavy atom. The Morgan fingerprint density at radius 2 is 1.82 bits per heavy atom. The van der Waals surface area contributed by atoms with Crippen molar-refractivity contribution in [3.63, 3.8) is 0 Å². The van der Waals surface area contributed by atoms with Crippen LogP contribution in [-0.2, 0) is 29.0 Å². The van der Waals surface area contributed by atoms with Crippen molar-refractivity contribution in [3.05, 3.63) is 52.9 Å². The monoisotopic (exact) mass is 623 g/mol. The lowest BCUT2D eigenvalue weighted by Crippen LogP contribution is -2.53. The Morgan fingerprint density at radius 3 is 2.49 bits per heavy atom. The molecule has 1 aliphatic carbocycles. The van der Waals surface area contributed by atoms with Gasteiger partial charge in [-0.2, -0.15) is 4.98 Å². The highest BCUT2D eigenvalue weighted by molar-refractivity contribution is 5.90. The van der Waals surface area contributed by atoms with Gasteiger partial charge in [0.15, 0.2) is 11.8 Å². The van der Waals surface area contributed by atoms with Gasteiger partial charge in [-0.05, 0) is 80.8 Å². The Hall–Kier alpha value is -3.97. The molecule has 0 saturated heterocycles. The molecule has 0 radical (unpaired) electrons. The molecule has 2 amide bonds. The van der Waals surface area contributed by atoms with E-state index in [9.17, 15) is 14.7 Å². The van der Waals surface area contributed by atoms with Gasteiger partial charge < -0.3 is 42.0 Å². The van der Waals surface area contributed by atoms with E-state index in [4.69, 9.17) is 21.7 Å². The Bertz CT molecular complexity index is 1380. The van der Waals surface area contributed by atoms with Crippen molar-refractivity contribution in [1.82, 2.24) is 30.3 Å². The standard InChI is InChI=1S/C32H49N9O4/c1-20-16-23(42)17-21(2)24(20)19-27(38-29(43)25(34)10-7-14-41-15-13-36-32(41)35)30(44)37-26(11-6-12-33)31-39-28(40-45-31)18-22-8-4-3-5-9-22/h13,15-17,22,25-27,42H,3-12,14,18-19,33-34H2,1-2H3,(H2,35,36)(H,37,44)(H,38,43). The summed E-state index contributed by atoms with van der Waals surface area (Å²) in [6, 6.07) is 0.939. The van der Waals surface area contributed by atoms with Crippen LogP contribution in [0.4, 0.5) is 5.95 Å². The second-order valence-electron chi connectivity index (χ2n) is 12.3. The minimum Gasteiger partial charge on any atom is -0.508 e. The van der Waals surface area contributed by atoms with Gasteiger partial charge in [0.2, 0.25) is 17.7 Å². The molecule has 13 heteroatoms. The topological polar surface area (TPSA) is 213 Å². The number of nitrogens with two attached hydrogens (primary N) is 3. The summed E-state index contributed by atoms with van der Waals surface area (Å²) in [6.07, 6.45) is 12.5. The fourth-order valence-electron chi connectivity index (χ4n) is 6.12. The van der Waals surface area contributed by atoms with Gasteiger partial charge in [-0.3, -0.25) is 9.59 Å². The molecule has 246 valence electrons. The number of anilines is 1. The molecule has 3 unspecified atom stereocenters. The largest absolute Gasteiger partial charge is 0.508 e. The molecule has 1 aliphatic rings. The summed E-state index contributed by atoms with van der Waals surface area (Å²) in [4.78, 5) is 35.9. The van der Waals surface area contributed by atoms with Crippen molar-refractivity contribution in [3.8, 4) is 5.75 Å². The van der Waals surface area contributed by atoms with Gasteiger partial charge in [-0.25, -0.2) is 4.98 Å². The quantitative estimate of drug-likeness (QED) is 0.137. The molecule has 0 aliphatic heterocycles. The first kappa shape index (κ1) is 33.9. The summed E-state index contributed by atoms with van der Waals surface area (Å²) < 4.78 is 7.44. The lowest BCUT2D eigenvalue weighted by Gasteiger charge is -2.24. The molecule has 1 aromatic carbocycles. The van der Waals surface area contributed by atoms with E-state index in [0.717, 1.165) is 36.0 Å². The Labute approximate surface area is 264 Å². The number of hydrogen-bond acceptors (Lipinski definition) is 10. The molecule has 2 aromatic heterocycles. The predicted molar refractivity (Wildman–Crippen MR) is 171 cm³/mol. The number of rotatable bonds is 16. The van der Waals surface area contributed by atoms with Crippen LogP contribution in [-0.4, -0.2) is 55.2 Å². The number of phenolic OH excluding ortho intramolecular Hbond substituents is 1. The highest BCUT2D eigenvalue weighted by Crippen LogP contribution is 2.27. The van der Waals surface area contributed by atoms with Crippen LogP contribution in [0, 0.1) is 19.8 Å². The van der Waals surface area contributed by atoms with Gasteiger partial charge in [0.1, 0.15) is 17.8 Å². The molecule has 1 fully saturated rings. The molecular weight excluding hydrogens is 574 g/mol. The zero-order chi connectivity index (χ0) is 32.3. The van der Waals surface area contributed by atoms with Crippen LogP contribution in [0.15, 0.2) is 29.0 Å². The van der Waals surface area contributed by atoms with Crippen molar-refractivity contribution in [1.29, 1.82) is 0 Å². The zero-order valence-electron chi connectivity index (χ0n) is 26.5. The number of aryl methyl sites for hydroxylation is 3. The van der Waals surface area contributed by atoms with Crippen molar-refractivity contribution < 1.29 is 19.2 Å². The Kier molecular flexibility index (Phi) is 12.3. The number of nitrogen functional groups attached to an aromatic ring is 1. The molecule has 13 nitrogen and oxygen atoms in total. The van der Waals surface area contributed by atoms with E-state index in [1.54, 1.807) is 29.1 Å². The third-order valence-corrected chi connectivity index (χ3v) is 8.71. The SMILES string of the molecule is Cc1cc(O)cc(C)c1CC(NC(=O)C(N)CCCn1ccnc1N)C(=O)NC(CCCN)c1nc(CC2CCCCC2)no1. The van der Waals surface area contributed by atoms with Crippen LogP contribution in [0.1, 0.15) is 92.2 Å². The fourth-order valence-corrected chi connectivity index (χ4v) is 6.12. The van der Waals surface area contributed by atoms with Crippen LogP contribution in [0.2, 0.25) is 0 Å². The van der Waals surface area contributed by atoms with Crippen molar-refractivity contribution in [2.75, 3.05) is 12.3 Å². The number of benzene rings is 1. The van der Waals surface area contributed by atoms with E-state index in [0.29, 0.717) is 62.4 Å². The number of nitrogens with zero attached hydrogens (tertiary/aromatic N) is 4. The lowest BCUT2D eigenvalue weighted by molar-refractivity contribution is -0.130. The molecule has 0 spiro atoms. The van der Waals surface area contributed by atoms with E-state index >= 15 is 0 Å². The number of nitrogens with one attached hydrogen (secondary N) is 2. The van der Waals surface area contributed by atoms with Gasteiger partial charge in [-0.1, -0.05) is 37.3 Å². The van der Waals surface area contributed by atoms with Crippen LogP contribution < -0.4 is 27.8 Å². The number of hydrogen-bond donors (Lipinski definition) is 6. The number of phenols is 1. The van der Waals surface area contributed by atoms with E-state index in [1.807, 2.05) is 13.8 Å². The number of imidazole rings is 1. The van der Waals surface area contributed by atoms with Crippen LogP contribution in [0.3, 0.4) is 0 Å². The third-order valence-electron chi connectivity index (χ3n) is 8.71. The van der Waals surface area contributed by atoms with Gasteiger partial charge in [0.05, 0.1) is 6.04 Å². The van der Waals surface area contributed by atoms with E-state index in [-0.39, 0.29) is 12.2 Å². The minimum atomic E-state index is -0.945. The summed E-state index contributed by atoms with van der Waals surface area (Å²) in [5.41, 5.74) is 20.4. The van der Waals surface area contributed by atoms with E-state index in [2.05, 4.69) is 25.8 Å². The average Bonchev–Trinajstić information content (AvgIpc) is 3.65. The molecule has 3 aromatic rings. The average molecular weight is 624 g/mol. The van der Waals surface area contributed by atoms with Gasteiger partial charge >= 0.3 is 0 Å². The first-order valence-electron chi connectivity index (χ1n) is 16.1. The molecule has 1 saturated carbocycles. The van der Waals surface area contributed by atoms with Crippen LogP contribution in [0.5, 0.6) is 5.75 Å². The van der Waals surface area contributed by atoms with Crippen LogP contribution >= 0.6 is 0 Å². The first-order valence-corrected chi connectivity index (χ1v) is 16.1. The van der Waals surface area contributed by atoms with Gasteiger partial charge in [0.25, 0.3) is 0 Å². The molecule has 45 heavy (non-hydrogen) atoms. The molecule has 2 heterocycles. The Balaban J connectivity index is 1.48. The highest BCUT2D eigenvalue weighted by Gasteiger charge is 2.29. The molecule has 3 atom stereocenters. The third kappa shape index (κ3) is 9.76. The van der Waals surface area contributed by atoms with Crippen molar-refractivity contribution in [2.24, 2.45) is 17.4 Å². The zero-order valence-corrected chi connectivity index (χ0v) is 26.5. The molecule has 0 bridgehead atoms. The summed E-state index contributed by atoms with van der Waals surface area (Å²) in [5, 5.41) is 20.2. The maximum absolute atomic E-state index is 13.9. The molecular formula is C32H49N9O4.